The van der Waals surface area contributed by atoms with Gasteiger partial charge in [-0.15, -0.1) is 11.3 Å². The van der Waals surface area contributed by atoms with E-state index in [1.807, 2.05) is 38.3 Å². The van der Waals surface area contributed by atoms with Gasteiger partial charge >= 0.3 is 12.0 Å². The molecule has 0 radical (unpaired) electrons. The second-order valence-corrected chi connectivity index (χ2v) is 7.56. The van der Waals surface area contributed by atoms with E-state index in [1.165, 1.54) is 0 Å². The summed E-state index contributed by atoms with van der Waals surface area (Å²) in [4.78, 5) is 26.7. The third-order valence-electron chi connectivity index (χ3n) is 3.54. The van der Waals surface area contributed by atoms with Gasteiger partial charge in [-0.05, 0) is 29.7 Å². The van der Waals surface area contributed by atoms with Crippen molar-refractivity contribution >= 4 is 23.3 Å². The van der Waals surface area contributed by atoms with E-state index >= 15 is 0 Å². The zero-order valence-corrected chi connectivity index (χ0v) is 13.4. The highest BCUT2D eigenvalue weighted by molar-refractivity contribution is 7.09. The molecule has 1 saturated carbocycles. The highest BCUT2D eigenvalue weighted by atomic mass is 32.1. The Hall–Kier alpha value is -1.56. The molecule has 1 atom stereocenters. The Morgan fingerprint density at radius 2 is 2.14 bits per heavy atom. The number of rotatable bonds is 5. The first-order valence-corrected chi connectivity index (χ1v) is 7.99. The van der Waals surface area contributed by atoms with Crippen molar-refractivity contribution in [2.24, 2.45) is 5.41 Å². The van der Waals surface area contributed by atoms with Gasteiger partial charge in [0.15, 0.2) is 0 Å². The Kier molecular flexibility index (Phi) is 4.56. The number of carboxylic acids is 1. The molecule has 2 N–H and O–H groups in total. The van der Waals surface area contributed by atoms with E-state index in [1.54, 1.807) is 16.2 Å². The molecule has 21 heavy (non-hydrogen) atoms. The molecule has 1 unspecified atom stereocenters. The van der Waals surface area contributed by atoms with Crippen LogP contribution in [0.15, 0.2) is 17.5 Å². The van der Waals surface area contributed by atoms with Gasteiger partial charge in [0.05, 0.1) is 6.54 Å². The van der Waals surface area contributed by atoms with Gasteiger partial charge in [0.2, 0.25) is 0 Å². The van der Waals surface area contributed by atoms with Crippen LogP contribution >= 0.6 is 11.3 Å². The molecule has 2 amide bonds. The molecule has 116 valence electrons. The Balaban J connectivity index is 2.06. The molecule has 6 heteroatoms. The van der Waals surface area contributed by atoms with Crippen molar-refractivity contribution in [3.8, 4) is 0 Å². The van der Waals surface area contributed by atoms with Gasteiger partial charge in [0, 0.05) is 10.9 Å². The maximum absolute atomic E-state index is 12.5. The number of hydrogen-bond acceptors (Lipinski definition) is 3. The zero-order valence-electron chi connectivity index (χ0n) is 12.6. The number of amides is 2. The zero-order chi connectivity index (χ0) is 15.6. The first-order valence-electron chi connectivity index (χ1n) is 7.11. The molecule has 0 saturated heterocycles. The van der Waals surface area contributed by atoms with Crippen LogP contribution in [0.5, 0.6) is 0 Å². The smallest absolute Gasteiger partial charge is 0.326 e. The summed E-state index contributed by atoms with van der Waals surface area (Å²) >= 11 is 1.61. The molecule has 2 rings (SSSR count). The molecular formula is C15H22N2O3S. The minimum atomic E-state index is -0.997. The number of aliphatic carboxylic acids is 1. The molecule has 0 aromatic carbocycles. The quantitative estimate of drug-likeness (QED) is 0.878. The normalized spacial score (nSPS) is 16.3. The number of hydrogen-bond donors (Lipinski definition) is 2. The van der Waals surface area contributed by atoms with Gasteiger partial charge in [-0.1, -0.05) is 26.8 Å². The van der Waals surface area contributed by atoms with Gasteiger partial charge in [-0.2, -0.15) is 0 Å². The van der Waals surface area contributed by atoms with Crippen LogP contribution in [0, 0.1) is 5.41 Å². The van der Waals surface area contributed by atoms with Crippen molar-refractivity contribution in [3.05, 3.63) is 22.4 Å². The number of urea groups is 1. The summed E-state index contributed by atoms with van der Waals surface area (Å²) in [7, 11) is 0. The summed E-state index contributed by atoms with van der Waals surface area (Å²) in [6, 6.07) is 3.01. The second kappa shape index (κ2) is 6.05. The summed E-state index contributed by atoms with van der Waals surface area (Å²) < 4.78 is 0. The van der Waals surface area contributed by atoms with E-state index in [9.17, 15) is 14.7 Å². The van der Waals surface area contributed by atoms with Crippen molar-refractivity contribution < 1.29 is 14.7 Å². The first-order chi connectivity index (χ1) is 9.79. The molecule has 0 aliphatic heterocycles. The van der Waals surface area contributed by atoms with E-state index in [2.05, 4.69) is 5.32 Å². The number of nitrogens with zero attached hydrogens (tertiary/aromatic N) is 1. The number of carbonyl (C=O) groups is 2. The Morgan fingerprint density at radius 3 is 2.57 bits per heavy atom. The molecule has 1 aromatic rings. The summed E-state index contributed by atoms with van der Waals surface area (Å²) in [5.74, 6) is -0.997. The molecule has 1 aliphatic carbocycles. The Bertz CT molecular complexity index is 503. The summed E-state index contributed by atoms with van der Waals surface area (Å²) in [5, 5.41) is 14.0. The lowest BCUT2D eigenvalue weighted by Crippen LogP contribution is -2.53. The third kappa shape index (κ3) is 4.20. The Labute approximate surface area is 129 Å². The predicted molar refractivity (Wildman–Crippen MR) is 82.3 cm³/mol. The largest absolute Gasteiger partial charge is 0.480 e. The van der Waals surface area contributed by atoms with Gasteiger partial charge in [-0.25, -0.2) is 9.59 Å². The lowest BCUT2D eigenvalue weighted by atomic mass is 9.87. The molecule has 1 aliphatic rings. The minimum absolute atomic E-state index is 0.238. The number of nitrogens with one attached hydrogen (secondary N) is 1. The second-order valence-electron chi connectivity index (χ2n) is 6.53. The molecule has 1 heterocycles. The number of carbonyl (C=O) groups excluding carboxylic acids is 1. The van der Waals surface area contributed by atoms with E-state index < -0.39 is 17.4 Å². The molecule has 5 nitrogen and oxygen atoms in total. The average molecular weight is 310 g/mol. The standard InChI is InChI=1S/C15H22N2O3S/c1-15(2,3)12(13(18)19)16-14(20)17(10-6-7-10)9-11-5-4-8-21-11/h4-5,8,10,12H,6-7,9H2,1-3H3,(H,16,20)(H,18,19). The van der Waals surface area contributed by atoms with Crippen LogP contribution in [0.25, 0.3) is 0 Å². The van der Waals surface area contributed by atoms with Crippen LogP contribution in [-0.2, 0) is 11.3 Å². The fourth-order valence-electron chi connectivity index (χ4n) is 2.18. The van der Waals surface area contributed by atoms with Crippen LogP contribution in [0.2, 0.25) is 0 Å². The van der Waals surface area contributed by atoms with E-state index in [0.29, 0.717) is 6.54 Å². The van der Waals surface area contributed by atoms with Gasteiger partial charge in [0.1, 0.15) is 6.04 Å². The average Bonchev–Trinajstić information content (AvgIpc) is 3.08. The monoisotopic (exact) mass is 310 g/mol. The van der Waals surface area contributed by atoms with Crippen LogP contribution < -0.4 is 5.32 Å². The third-order valence-corrected chi connectivity index (χ3v) is 4.40. The lowest BCUT2D eigenvalue weighted by molar-refractivity contribution is -0.142. The minimum Gasteiger partial charge on any atom is -0.480 e. The summed E-state index contributed by atoms with van der Waals surface area (Å²) in [5.41, 5.74) is -0.528. The van der Waals surface area contributed by atoms with E-state index in [4.69, 9.17) is 0 Å². The highest BCUT2D eigenvalue weighted by Gasteiger charge is 2.37. The number of thiophene rings is 1. The highest BCUT2D eigenvalue weighted by Crippen LogP contribution is 2.30. The van der Waals surface area contributed by atoms with E-state index in [-0.39, 0.29) is 12.1 Å². The van der Waals surface area contributed by atoms with Crippen molar-refractivity contribution in [3.63, 3.8) is 0 Å². The number of carboxylic acid groups (broad SMARTS) is 1. The van der Waals surface area contributed by atoms with Crippen LogP contribution in [0.4, 0.5) is 4.79 Å². The fourth-order valence-corrected chi connectivity index (χ4v) is 2.88. The first kappa shape index (κ1) is 15.8. The van der Waals surface area contributed by atoms with Crippen molar-refractivity contribution in [2.45, 2.75) is 52.2 Å². The van der Waals surface area contributed by atoms with Crippen LogP contribution in [0.1, 0.15) is 38.5 Å². The molecule has 1 fully saturated rings. The van der Waals surface area contributed by atoms with Gasteiger partial charge in [-0.3, -0.25) is 0 Å². The molecule has 0 bridgehead atoms. The Morgan fingerprint density at radius 1 is 1.48 bits per heavy atom. The maximum Gasteiger partial charge on any atom is 0.326 e. The maximum atomic E-state index is 12.5. The fraction of sp³-hybridized carbons (Fsp3) is 0.600. The van der Waals surface area contributed by atoms with Gasteiger partial charge < -0.3 is 15.3 Å². The van der Waals surface area contributed by atoms with Crippen molar-refractivity contribution in [1.29, 1.82) is 0 Å². The molecule has 1 aromatic heterocycles. The SMILES string of the molecule is CC(C)(C)C(NC(=O)N(Cc1cccs1)C1CC1)C(=O)O. The van der Waals surface area contributed by atoms with Crippen molar-refractivity contribution in [2.75, 3.05) is 0 Å². The van der Waals surface area contributed by atoms with Gasteiger partial charge in [0.25, 0.3) is 0 Å². The van der Waals surface area contributed by atoms with Crippen LogP contribution in [0.3, 0.4) is 0 Å². The lowest BCUT2D eigenvalue weighted by Gasteiger charge is -2.31. The summed E-state index contributed by atoms with van der Waals surface area (Å²) in [6.45, 7) is 5.98. The summed E-state index contributed by atoms with van der Waals surface area (Å²) in [6.07, 6.45) is 1.98. The van der Waals surface area contributed by atoms with E-state index in [0.717, 1.165) is 17.7 Å². The topological polar surface area (TPSA) is 69.6 Å². The van der Waals surface area contributed by atoms with Crippen molar-refractivity contribution in [1.82, 2.24) is 10.2 Å². The molecule has 0 spiro atoms. The predicted octanol–water partition coefficient (Wildman–Crippen LogP) is 2.92. The van der Waals surface area contributed by atoms with Crippen LogP contribution in [-0.4, -0.2) is 34.1 Å². The molecular weight excluding hydrogens is 288 g/mol.